The average Bonchev–Trinajstić information content (AvgIpc) is 2.83. The molecule has 1 atom stereocenters. The maximum atomic E-state index is 13.9. The number of ether oxygens (including phenoxy) is 1. The van der Waals surface area contributed by atoms with E-state index in [1.165, 1.54) is 0 Å². The number of carbonyl (C=O) groups is 1. The molecule has 0 aromatic heterocycles. The number of halogens is 3. The van der Waals surface area contributed by atoms with Gasteiger partial charge in [-0.05, 0) is 6.07 Å². The number of benzene rings is 1. The number of hydrogen-bond donors (Lipinski definition) is 0. The first-order valence-corrected chi connectivity index (χ1v) is 7.22. The van der Waals surface area contributed by atoms with Crippen molar-refractivity contribution >= 4 is 5.91 Å². The van der Waals surface area contributed by atoms with Gasteiger partial charge in [-0.25, -0.2) is 13.2 Å². The number of fused-ring (bicyclic) bond motifs is 1. The monoisotopic (exact) mass is 325 g/mol. The van der Waals surface area contributed by atoms with E-state index in [4.69, 9.17) is 4.74 Å². The first-order chi connectivity index (χ1) is 11.0. The van der Waals surface area contributed by atoms with Crippen LogP contribution in [0.5, 0.6) is 0 Å². The van der Waals surface area contributed by atoms with Crippen molar-refractivity contribution in [2.24, 2.45) is 0 Å². The van der Waals surface area contributed by atoms with E-state index in [9.17, 15) is 23.2 Å². The van der Waals surface area contributed by atoms with E-state index in [0.29, 0.717) is 32.8 Å². The molecule has 0 spiro atoms. The molecule has 1 amide bonds. The Morgan fingerprint density at radius 2 is 1.91 bits per heavy atom. The van der Waals surface area contributed by atoms with Crippen molar-refractivity contribution in [3.8, 4) is 6.07 Å². The van der Waals surface area contributed by atoms with Crippen LogP contribution in [0.2, 0.25) is 0 Å². The number of rotatable bonds is 3. The van der Waals surface area contributed by atoms with Gasteiger partial charge in [0, 0.05) is 31.7 Å². The average molecular weight is 325 g/mol. The van der Waals surface area contributed by atoms with Gasteiger partial charge in [-0.1, -0.05) is 0 Å². The van der Waals surface area contributed by atoms with Gasteiger partial charge in [-0.2, -0.15) is 5.26 Å². The quantitative estimate of drug-likeness (QED) is 0.790. The fourth-order valence-electron chi connectivity index (χ4n) is 2.92. The fourth-order valence-corrected chi connectivity index (χ4v) is 2.92. The van der Waals surface area contributed by atoms with Crippen LogP contribution in [0.15, 0.2) is 6.07 Å². The van der Waals surface area contributed by atoms with Crippen molar-refractivity contribution in [2.75, 3.05) is 39.4 Å². The third-order valence-corrected chi connectivity index (χ3v) is 4.16. The van der Waals surface area contributed by atoms with Crippen molar-refractivity contribution in [3.63, 3.8) is 0 Å². The second kappa shape index (κ2) is 6.18. The lowest BCUT2D eigenvalue weighted by molar-refractivity contribution is 0.0319. The number of nitrogens with zero attached hydrogens (tertiary/aromatic N) is 3. The maximum Gasteiger partial charge on any atom is 0.258 e. The molecule has 23 heavy (non-hydrogen) atoms. The molecule has 1 aromatic carbocycles. The van der Waals surface area contributed by atoms with E-state index in [1.54, 1.807) is 0 Å². The molecule has 1 unspecified atom stereocenters. The molecule has 1 fully saturated rings. The van der Waals surface area contributed by atoms with Gasteiger partial charge in [-0.15, -0.1) is 0 Å². The second-order valence-electron chi connectivity index (χ2n) is 5.43. The molecule has 8 heteroatoms. The SMILES string of the molecule is N#CC1c2cc(F)c(F)c(F)c2C(=O)N1CCN1CCOCC1. The summed E-state index contributed by atoms with van der Waals surface area (Å²) in [6, 6.07) is 1.49. The lowest BCUT2D eigenvalue weighted by Gasteiger charge is -2.29. The van der Waals surface area contributed by atoms with Gasteiger partial charge in [0.15, 0.2) is 17.5 Å². The highest BCUT2D eigenvalue weighted by Crippen LogP contribution is 2.36. The summed E-state index contributed by atoms with van der Waals surface area (Å²) in [7, 11) is 0. The van der Waals surface area contributed by atoms with E-state index >= 15 is 0 Å². The Kier molecular flexibility index (Phi) is 4.24. The summed E-state index contributed by atoms with van der Waals surface area (Å²) in [5.41, 5.74) is -0.659. The van der Waals surface area contributed by atoms with Crippen LogP contribution in [0.4, 0.5) is 13.2 Å². The summed E-state index contributed by atoms with van der Waals surface area (Å²) in [5.74, 6) is -5.40. The van der Waals surface area contributed by atoms with E-state index in [-0.39, 0.29) is 12.1 Å². The van der Waals surface area contributed by atoms with E-state index in [0.717, 1.165) is 11.0 Å². The van der Waals surface area contributed by atoms with E-state index in [1.807, 2.05) is 11.0 Å². The van der Waals surface area contributed by atoms with Crippen LogP contribution in [-0.4, -0.2) is 55.1 Å². The normalized spacial score (nSPS) is 21.4. The van der Waals surface area contributed by atoms with Crippen LogP contribution in [0, 0.1) is 28.8 Å². The molecular weight excluding hydrogens is 311 g/mol. The lowest BCUT2D eigenvalue weighted by atomic mass is 10.0. The molecule has 0 saturated carbocycles. The Balaban J connectivity index is 1.84. The van der Waals surface area contributed by atoms with Gasteiger partial charge in [0.2, 0.25) is 0 Å². The number of nitriles is 1. The van der Waals surface area contributed by atoms with Crippen molar-refractivity contribution in [1.29, 1.82) is 5.26 Å². The number of hydrogen-bond acceptors (Lipinski definition) is 4. The number of amides is 1. The largest absolute Gasteiger partial charge is 0.379 e. The minimum Gasteiger partial charge on any atom is -0.379 e. The molecular formula is C15H14F3N3O2. The van der Waals surface area contributed by atoms with E-state index < -0.39 is 35.0 Å². The van der Waals surface area contributed by atoms with Crippen LogP contribution in [0.25, 0.3) is 0 Å². The Hall–Kier alpha value is -2.11. The van der Waals surface area contributed by atoms with Crippen molar-refractivity contribution < 1.29 is 22.7 Å². The summed E-state index contributed by atoms with van der Waals surface area (Å²) in [6.45, 7) is 3.22. The first kappa shape index (κ1) is 15.8. The van der Waals surface area contributed by atoms with Gasteiger partial charge in [0.1, 0.15) is 6.04 Å². The molecule has 2 aliphatic heterocycles. The molecule has 0 N–H and O–H groups in total. The van der Waals surface area contributed by atoms with Gasteiger partial charge >= 0.3 is 0 Å². The zero-order chi connectivity index (χ0) is 16.6. The Bertz CT molecular complexity index is 684. The highest BCUT2D eigenvalue weighted by atomic mass is 19.2. The van der Waals surface area contributed by atoms with Gasteiger partial charge < -0.3 is 9.64 Å². The third-order valence-electron chi connectivity index (χ3n) is 4.16. The summed E-state index contributed by atoms with van der Waals surface area (Å²) >= 11 is 0. The van der Waals surface area contributed by atoms with Crippen LogP contribution < -0.4 is 0 Å². The molecule has 3 rings (SSSR count). The zero-order valence-corrected chi connectivity index (χ0v) is 12.2. The second-order valence-corrected chi connectivity index (χ2v) is 5.43. The molecule has 2 aliphatic rings. The highest BCUT2D eigenvalue weighted by Gasteiger charge is 2.41. The van der Waals surface area contributed by atoms with Crippen LogP contribution >= 0.6 is 0 Å². The standard InChI is InChI=1S/C15H14F3N3O2/c16-10-7-9-11(8-19)21(2-1-20-3-5-23-6-4-20)15(22)12(9)14(18)13(10)17/h7,11H,1-6H2. The minimum atomic E-state index is -1.69. The van der Waals surface area contributed by atoms with Gasteiger partial charge in [-0.3, -0.25) is 9.69 Å². The molecule has 1 aromatic rings. The zero-order valence-electron chi connectivity index (χ0n) is 12.2. The summed E-state index contributed by atoms with van der Waals surface area (Å²) in [6.07, 6.45) is 0. The summed E-state index contributed by atoms with van der Waals surface area (Å²) < 4.78 is 45.9. The van der Waals surface area contributed by atoms with Crippen LogP contribution in [-0.2, 0) is 4.74 Å². The predicted octanol–water partition coefficient (Wildman–Crippen LogP) is 1.46. The van der Waals surface area contributed by atoms with Gasteiger partial charge in [0.25, 0.3) is 5.91 Å². The molecule has 122 valence electrons. The van der Waals surface area contributed by atoms with Crippen molar-refractivity contribution in [2.45, 2.75) is 6.04 Å². The topological polar surface area (TPSA) is 56.6 Å². The first-order valence-electron chi connectivity index (χ1n) is 7.22. The van der Waals surface area contributed by atoms with Gasteiger partial charge in [0.05, 0.1) is 24.8 Å². The van der Waals surface area contributed by atoms with Crippen molar-refractivity contribution in [3.05, 3.63) is 34.6 Å². The number of morpholine rings is 1. The predicted molar refractivity (Wildman–Crippen MR) is 73.0 cm³/mol. The van der Waals surface area contributed by atoms with Crippen molar-refractivity contribution in [1.82, 2.24) is 9.80 Å². The lowest BCUT2D eigenvalue weighted by Crippen LogP contribution is -2.42. The molecule has 0 radical (unpaired) electrons. The van der Waals surface area contributed by atoms with E-state index in [2.05, 4.69) is 0 Å². The summed E-state index contributed by atoms with van der Waals surface area (Å²) in [4.78, 5) is 15.5. The van der Waals surface area contributed by atoms with Crippen LogP contribution in [0.3, 0.4) is 0 Å². The molecule has 5 nitrogen and oxygen atoms in total. The Morgan fingerprint density at radius 1 is 1.22 bits per heavy atom. The molecule has 0 bridgehead atoms. The molecule has 0 aliphatic carbocycles. The Labute approximate surface area is 130 Å². The molecule has 2 heterocycles. The minimum absolute atomic E-state index is 0.115. The smallest absolute Gasteiger partial charge is 0.258 e. The van der Waals surface area contributed by atoms with Crippen LogP contribution in [0.1, 0.15) is 22.0 Å². The Morgan fingerprint density at radius 3 is 2.57 bits per heavy atom. The third kappa shape index (κ3) is 2.66. The number of carbonyl (C=O) groups excluding carboxylic acids is 1. The fraction of sp³-hybridized carbons (Fsp3) is 0.467. The molecule has 1 saturated heterocycles. The highest BCUT2D eigenvalue weighted by molar-refractivity contribution is 6.00. The summed E-state index contributed by atoms with van der Waals surface area (Å²) in [5, 5.41) is 9.27. The maximum absolute atomic E-state index is 13.9.